The second kappa shape index (κ2) is 7.87. The van der Waals surface area contributed by atoms with Crippen molar-refractivity contribution in [2.75, 3.05) is 0 Å². The molecule has 2 N–H and O–H groups in total. The maximum absolute atomic E-state index is 12.1. The molecule has 126 valence electrons. The Kier molecular flexibility index (Phi) is 6.45. The number of ketones is 1. The summed E-state index contributed by atoms with van der Waals surface area (Å²) in [5.74, 6) is -1.73. The molecule has 0 bridgehead atoms. The number of benzene rings is 1. The van der Waals surface area contributed by atoms with E-state index in [0.717, 1.165) is 0 Å². The van der Waals surface area contributed by atoms with Gasteiger partial charge in [-0.25, -0.2) is 4.79 Å². The molecule has 0 saturated carbocycles. The van der Waals surface area contributed by atoms with E-state index in [1.807, 2.05) is 0 Å². The summed E-state index contributed by atoms with van der Waals surface area (Å²) in [5, 5.41) is 12.4. The molecule has 0 radical (unpaired) electrons. The van der Waals surface area contributed by atoms with Gasteiger partial charge in [-0.15, -0.1) is 0 Å². The Morgan fingerprint density at radius 1 is 1.17 bits per heavy atom. The lowest BCUT2D eigenvalue weighted by Gasteiger charge is -2.24. The largest absolute Gasteiger partial charge is 0.458 e. The van der Waals surface area contributed by atoms with Gasteiger partial charge in [-0.2, -0.15) is 0 Å². The predicted molar refractivity (Wildman–Crippen MR) is 84.5 cm³/mol. The first-order valence-corrected chi connectivity index (χ1v) is 7.36. The number of carbonyl (C=O) groups is 3. The van der Waals surface area contributed by atoms with Crippen molar-refractivity contribution in [2.45, 2.75) is 51.9 Å². The summed E-state index contributed by atoms with van der Waals surface area (Å²) in [6, 6.07) is 7.19. The first-order valence-electron chi connectivity index (χ1n) is 7.36. The van der Waals surface area contributed by atoms with Crippen LogP contribution in [0.25, 0.3) is 0 Å². The number of ether oxygens (including phenoxy) is 1. The maximum Gasteiger partial charge on any atom is 0.329 e. The summed E-state index contributed by atoms with van der Waals surface area (Å²) < 4.78 is 5.20. The highest BCUT2D eigenvalue weighted by Gasteiger charge is 2.30. The van der Waals surface area contributed by atoms with E-state index in [4.69, 9.17) is 4.74 Å². The smallest absolute Gasteiger partial charge is 0.329 e. The van der Waals surface area contributed by atoms with Crippen molar-refractivity contribution >= 4 is 17.7 Å². The number of esters is 1. The lowest BCUT2D eigenvalue weighted by atomic mass is 10.1. The monoisotopic (exact) mass is 321 g/mol. The van der Waals surface area contributed by atoms with Gasteiger partial charge in [-0.05, 0) is 33.3 Å². The quantitative estimate of drug-likeness (QED) is 0.775. The van der Waals surface area contributed by atoms with Crippen LogP contribution in [0.3, 0.4) is 0 Å². The van der Waals surface area contributed by atoms with Crippen LogP contribution in [-0.2, 0) is 19.1 Å². The Labute approximate surface area is 135 Å². The number of carbonyl (C=O) groups excluding carboxylic acids is 3. The summed E-state index contributed by atoms with van der Waals surface area (Å²) in [4.78, 5) is 35.6. The van der Waals surface area contributed by atoms with Crippen LogP contribution in [0, 0.1) is 0 Å². The van der Waals surface area contributed by atoms with Crippen LogP contribution in [0.2, 0.25) is 0 Å². The lowest BCUT2D eigenvalue weighted by Crippen LogP contribution is -2.46. The van der Waals surface area contributed by atoms with Gasteiger partial charge in [-0.1, -0.05) is 30.3 Å². The molecule has 0 spiro atoms. The van der Waals surface area contributed by atoms with Crippen LogP contribution < -0.4 is 5.32 Å². The van der Waals surface area contributed by atoms with E-state index in [9.17, 15) is 19.5 Å². The lowest BCUT2D eigenvalue weighted by molar-refractivity contribution is -0.160. The molecule has 6 nitrogen and oxygen atoms in total. The molecular weight excluding hydrogens is 298 g/mol. The van der Waals surface area contributed by atoms with Crippen LogP contribution in [-0.4, -0.2) is 34.4 Å². The SMILES string of the molecule is CC(=O)C[C@H](NC(=O)[C@@H](O)c1ccccc1)C(=O)OC(C)(C)C. The van der Waals surface area contributed by atoms with Gasteiger partial charge < -0.3 is 15.2 Å². The van der Waals surface area contributed by atoms with Gasteiger partial charge in [0.05, 0.1) is 0 Å². The number of aliphatic hydroxyl groups excluding tert-OH is 1. The van der Waals surface area contributed by atoms with Crippen LogP contribution in [0.15, 0.2) is 30.3 Å². The third-order valence-corrected chi connectivity index (χ3v) is 2.86. The van der Waals surface area contributed by atoms with E-state index in [2.05, 4.69) is 5.32 Å². The molecule has 0 aliphatic rings. The molecule has 1 amide bonds. The zero-order chi connectivity index (χ0) is 17.6. The highest BCUT2D eigenvalue weighted by atomic mass is 16.6. The van der Waals surface area contributed by atoms with Crippen LogP contribution in [0.1, 0.15) is 45.8 Å². The van der Waals surface area contributed by atoms with Gasteiger partial charge in [0.25, 0.3) is 5.91 Å². The summed E-state index contributed by atoms with van der Waals surface area (Å²) >= 11 is 0. The van der Waals surface area contributed by atoms with Crippen molar-refractivity contribution in [1.29, 1.82) is 0 Å². The summed E-state index contributed by atoms with van der Waals surface area (Å²) in [5.41, 5.74) is -0.342. The molecule has 0 aromatic heterocycles. The highest BCUT2D eigenvalue weighted by molar-refractivity contribution is 5.91. The molecule has 0 saturated heterocycles. The van der Waals surface area contributed by atoms with Crippen molar-refractivity contribution < 1.29 is 24.2 Å². The fourth-order valence-corrected chi connectivity index (χ4v) is 1.89. The summed E-state index contributed by atoms with van der Waals surface area (Å²) in [7, 11) is 0. The molecule has 0 aliphatic heterocycles. The van der Waals surface area contributed by atoms with Crippen molar-refractivity contribution in [1.82, 2.24) is 5.32 Å². The summed E-state index contributed by atoms with van der Waals surface area (Å²) in [6.07, 6.45) is -1.62. The minimum atomic E-state index is -1.42. The summed E-state index contributed by atoms with van der Waals surface area (Å²) in [6.45, 7) is 6.39. The Morgan fingerprint density at radius 3 is 2.22 bits per heavy atom. The van der Waals surface area contributed by atoms with Gasteiger partial charge in [-0.3, -0.25) is 9.59 Å². The first-order chi connectivity index (χ1) is 10.6. The highest BCUT2D eigenvalue weighted by Crippen LogP contribution is 2.14. The zero-order valence-corrected chi connectivity index (χ0v) is 13.8. The second-order valence-electron chi connectivity index (χ2n) is 6.31. The first kappa shape index (κ1) is 18.8. The van der Waals surface area contributed by atoms with Crippen LogP contribution in [0.5, 0.6) is 0 Å². The number of aliphatic hydroxyl groups is 1. The van der Waals surface area contributed by atoms with Crippen molar-refractivity contribution in [3.05, 3.63) is 35.9 Å². The van der Waals surface area contributed by atoms with E-state index >= 15 is 0 Å². The van der Waals surface area contributed by atoms with Crippen molar-refractivity contribution in [3.8, 4) is 0 Å². The molecule has 23 heavy (non-hydrogen) atoms. The minimum Gasteiger partial charge on any atom is -0.458 e. The average molecular weight is 321 g/mol. The minimum absolute atomic E-state index is 0.192. The van der Waals surface area contributed by atoms with E-state index in [0.29, 0.717) is 5.56 Å². The predicted octanol–water partition coefficient (Wildman–Crippen LogP) is 1.53. The van der Waals surface area contributed by atoms with Crippen molar-refractivity contribution in [3.63, 3.8) is 0 Å². The third kappa shape index (κ3) is 6.61. The Morgan fingerprint density at radius 2 is 1.74 bits per heavy atom. The van der Waals surface area contributed by atoms with E-state index in [-0.39, 0.29) is 12.2 Å². The van der Waals surface area contributed by atoms with Gasteiger partial charge in [0.2, 0.25) is 0 Å². The third-order valence-electron chi connectivity index (χ3n) is 2.86. The van der Waals surface area contributed by atoms with E-state index < -0.39 is 29.6 Å². The molecule has 0 aliphatic carbocycles. The topological polar surface area (TPSA) is 92.7 Å². The fraction of sp³-hybridized carbons (Fsp3) is 0.471. The second-order valence-corrected chi connectivity index (χ2v) is 6.31. The molecule has 1 rings (SSSR count). The maximum atomic E-state index is 12.1. The number of nitrogens with one attached hydrogen (secondary N) is 1. The van der Waals surface area contributed by atoms with E-state index in [1.165, 1.54) is 6.92 Å². The van der Waals surface area contributed by atoms with Gasteiger partial charge >= 0.3 is 5.97 Å². The average Bonchev–Trinajstić information content (AvgIpc) is 2.44. The Bertz CT molecular complexity index is 562. The van der Waals surface area contributed by atoms with Crippen LogP contribution >= 0.6 is 0 Å². The molecule has 1 aromatic carbocycles. The standard InChI is InChI=1S/C17H23NO5/c1-11(19)10-13(16(22)23-17(2,3)4)18-15(21)14(20)12-8-6-5-7-9-12/h5-9,13-14,20H,10H2,1-4H3,(H,18,21)/t13-,14-/m0/s1. The normalized spacial score (nSPS) is 13.8. The number of amides is 1. The van der Waals surface area contributed by atoms with Crippen LogP contribution in [0.4, 0.5) is 0 Å². The van der Waals surface area contributed by atoms with E-state index in [1.54, 1.807) is 51.1 Å². The molecule has 1 aromatic rings. The Hall–Kier alpha value is -2.21. The zero-order valence-electron chi connectivity index (χ0n) is 13.8. The van der Waals surface area contributed by atoms with Gasteiger partial charge in [0, 0.05) is 6.42 Å². The molecule has 2 atom stereocenters. The number of hydrogen-bond acceptors (Lipinski definition) is 5. The molecule has 0 fully saturated rings. The van der Waals surface area contributed by atoms with Gasteiger partial charge in [0.1, 0.15) is 17.4 Å². The number of Topliss-reactive ketones (excluding diaryl/α,β-unsaturated/α-hetero) is 1. The molecule has 0 unspecified atom stereocenters. The molecular formula is C17H23NO5. The number of rotatable bonds is 6. The number of hydrogen-bond donors (Lipinski definition) is 2. The van der Waals surface area contributed by atoms with Gasteiger partial charge in [0.15, 0.2) is 6.10 Å². The molecule has 0 heterocycles. The van der Waals surface area contributed by atoms with Crippen molar-refractivity contribution in [2.24, 2.45) is 0 Å². The fourth-order valence-electron chi connectivity index (χ4n) is 1.89. The Balaban J connectivity index is 2.82. The molecule has 6 heteroatoms.